The minimum atomic E-state index is -0.169. The van der Waals surface area contributed by atoms with Crippen molar-refractivity contribution in [2.24, 2.45) is 0 Å². The Morgan fingerprint density at radius 2 is 2.30 bits per heavy atom. The smallest absolute Gasteiger partial charge is 0.265 e. The lowest BCUT2D eigenvalue weighted by Crippen LogP contribution is -2.11. The zero-order chi connectivity index (χ0) is 14.5. The van der Waals surface area contributed by atoms with Crippen LogP contribution in [0.1, 0.15) is 32.4 Å². The molecule has 6 heteroatoms. The second kappa shape index (κ2) is 6.37. The predicted molar refractivity (Wildman–Crippen MR) is 78.9 cm³/mol. The zero-order valence-corrected chi connectivity index (χ0v) is 12.1. The van der Waals surface area contributed by atoms with E-state index in [1.54, 1.807) is 12.1 Å². The summed E-state index contributed by atoms with van der Waals surface area (Å²) in [4.78, 5) is 13.5. The molecule has 0 bridgehead atoms. The van der Waals surface area contributed by atoms with Crippen molar-refractivity contribution in [2.45, 2.75) is 20.3 Å². The van der Waals surface area contributed by atoms with Gasteiger partial charge in [-0.3, -0.25) is 9.89 Å². The van der Waals surface area contributed by atoms with E-state index in [0.29, 0.717) is 11.3 Å². The summed E-state index contributed by atoms with van der Waals surface area (Å²) in [6.07, 6.45) is 0.437. The molecule has 0 radical (unpaired) electrons. The molecule has 0 fully saturated rings. The lowest BCUT2D eigenvalue weighted by molar-refractivity contribution is 0.103. The summed E-state index contributed by atoms with van der Waals surface area (Å²) < 4.78 is 0. The van der Waals surface area contributed by atoms with Crippen molar-refractivity contribution in [3.8, 4) is 11.8 Å². The molecule has 20 heavy (non-hydrogen) atoms. The third kappa shape index (κ3) is 3.26. The number of aromatic amines is 1. The minimum Gasteiger partial charge on any atom is -0.395 e. The number of anilines is 1. The number of aryl methyl sites for hydroxylation is 2. The molecule has 2 rings (SSSR count). The van der Waals surface area contributed by atoms with E-state index in [2.05, 4.69) is 27.4 Å². The molecule has 0 atom stereocenters. The maximum atomic E-state index is 12.1. The average molecular weight is 289 g/mol. The van der Waals surface area contributed by atoms with Crippen LogP contribution in [-0.4, -0.2) is 27.8 Å². The van der Waals surface area contributed by atoms with Crippen molar-refractivity contribution in [1.82, 2.24) is 10.2 Å². The van der Waals surface area contributed by atoms with Gasteiger partial charge < -0.3 is 10.4 Å². The second-order valence-corrected chi connectivity index (χ2v) is 5.29. The fourth-order valence-corrected chi connectivity index (χ4v) is 2.42. The molecule has 3 N–H and O–H groups in total. The highest BCUT2D eigenvalue weighted by atomic mass is 32.1. The molecule has 2 aromatic rings. The number of thiophene rings is 1. The first-order valence-electron chi connectivity index (χ1n) is 6.14. The first-order valence-corrected chi connectivity index (χ1v) is 6.96. The number of aromatic nitrogens is 2. The Labute approximate surface area is 121 Å². The van der Waals surface area contributed by atoms with E-state index in [1.165, 1.54) is 11.3 Å². The van der Waals surface area contributed by atoms with Crippen LogP contribution in [0.2, 0.25) is 0 Å². The summed E-state index contributed by atoms with van der Waals surface area (Å²) in [5.41, 5.74) is 2.31. The molecule has 0 aromatic carbocycles. The van der Waals surface area contributed by atoms with Gasteiger partial charge in [0.05, 0.1) is 33.4 Å². The molecule has 0 saturated carbocycles. The van der Waals surface area contributed by atoms with E-state index in [4.69, 9.17) is 5.11 Å². The maximum absolute atomic E-state index is 12.1. The molecule has 0 saturated heterocycles. The summed E-state index contributed by atoms with van der Waals surface area (Å²) in [7, 11) is 0. The number of nitrogens with zero attached hydrogens (tertiary/aromatic N) is 1. The van der Waals surface area contributed by atoms with Gasteiger partial charge in [0.25, 0.3) is 5.91 Å². The Kier molecular flexibility index (Phi) is 4.56. The third-order valence-electron chi connectivity index (χ3n) is 2.64. The van der Waals surface area contributed by atoms with Crippen molar-refractivity contribution < 1.29 is 9.90 Å². The Morgan fingerprint density at radius 1 is 1.50 bits per heavy atom. The van der Waals surface area contributed by atoms with Gasteiger partial charge in [0.1, 0.15) is 0 Å². The number of H-pyrrole nitrogens is 1. The standard InChI is InChI=1S/C14H15N3O2S/c1-9-13(10(2)17-16-9)15-14(19)12-7-6-11(20-12)5-3-4-8-18/h6-7,18H,4,8H2,1-2H3,(H,15,19)(H,16,17). The van der Waals surface area contributed by atoms with E-state index in [9.17, 15) is 4.79 Å². The highest BCUT2D eigenvalue weighted by Gasteiger charge is 2.13. The van der Waals surface area contributed by atoms with Gasteiger partial charge >= 0.3 is 0 Å². The van der Waals surface area contributed by atoms with Crippen LogP contribution < -0.4 is 5.32 Å². The normalized spacial score (nSPS) is 9.95. The van der Waals surface area contributed by atoms with Gasteiger partial charge in [-0.25, -0.2) is 0 Å². The highest BCUT2D eigenvalue weighted by Crippen LogP contribution is 2.20. The molecule has 1 amide bonds. The minimum absolute atomic E-state index is 0.0464. The molecule has 2 heterocycles. The second-order valence-electron chi connectivity index (χ2n) is 4.20. The van der Waals surface area contributed by atoms with Crippen molar-refractivity contribution in [3.05, 3.63) is 33.3 Å². The number of aliphatic hydroxyl groups excluding tert-OH is 1. The Morgan fingerprint density at radius 3 is 2.95 bits per heavy atom. The van der Waals surface area contributed by atoms with Gasteiger partial charge in [-0.2, -0.15) is 5.10 Å². The number of hydrogen-bond donors (Lipinski definition) is 3. The highest BCUT2D eigenvalue weighted by molar-refractivity contribution is 7.14. The molecule has 0 aliphatic rings. The van der Waals surface area contributed by atoms with Crippen molar-refractivity contribution in [1.29, 1.82) is 0 Å². The maximum Gasteiger partial charge on any atom is 0.265 e. The molecule has 0 aliphatic heterocycles. The number of aliphatic hydroxyl groups is 1. The lowest BCUT2D eigenvalue weighted by atomic mass is 10.3. The van der Waals surface area contributed by atoms with Gasteiger partial charge in [-0.1, -0.05) is 11.8 Å². The van der Waals surface area contributed by atoms with E-state index < -0.39 is 0 Å². The van der Waals surface area contributed by atoms with Crippen molar-refractivity contribution >= 4 is 22.9 Å². The van der Waals surface area contributed by atoms with Gasteiger partial charge in [-0.15, -0.1) is 11.3 Å². The fraction of sp³-hybridized carbons (Fsp3) is 0.286. The largest absolute Gasteiger partial charge is 0.395 e. The molecular weight excluding hydrogens is 274 g/mol. The van der Waals surface area contributed by atoms with E-state index >= 15 is 0 Å². The van der Waals surface area contributed by atoms with Crippen LogP contribution in [0, 0.1) is 25.7 Å². The molecule has 2 aromatic heterocycles. The summed E-state index contributed by atoms with van der Waals surface area (Å²) in [6.45, 7) is 3.74. The number of nitrogens with one attached hydrogen (secondary N) is 2. The van der Waals surface area contributed by atoms with Crippen LogP contribution in [0.4, 0.5) is 5.69 Å². The fourth-order valence-electron chi connectivity index (χ4n) is 1.64. The van der Waals surface area contributed by atoms with E-state index in [0.717, 1.165) is 22.0 Å². The molecule has 104 valence electrons. The van der Waals surface area contributed by atoms with Gasteiger partial charge in [0.2, 0.25) is 0 Å². The van der Waals surface area contributed by atoms with Crippen LogP contribution in [0.25, 0.3) is 0 Å². The SMILES string of the molecule is Cc1n[nH]c(C)c1NC(=O)c1ccc(C#CCCO)s1. The van der Waals surface area contributed by atoms with Crippen LogP contribution in [0.5, 0.6) is 0 Å². The Bertz CT molecular complexity index is 657. The van der Waals surface area contributed by atoms with Crippen LogP contribution in [-0.2, 0) is 0 Å². The Hall–Kier alpha value is -2.10. The van der Waals surface area contributed by atoms with Crippen LogP contribution in [0.3, 0.4) is 0 Å². The summed E-state index contributed by atoms with van der Waals surface area (Å²) in [6, 6.07) is 3.55. The first kappa shape index (κ1) is 14.3. The summed E-state index contributed by atoms with van der Waals surface area (Å²) >= 11 is 1.33. The molecule has 0 unspecified atom stereocenters. The van der Waals surface area contributed by atoms with Crippen LogP contribution >= 0.6 is 11.3 Å². The number of rotatable bonds is 3. The average Bonchev–Trinajstić information content (AvgIpc) is 3.01. The van der Waals surface area contributed by atoms with Crippen LogP contribution in [0.15, 0.2) is 12.1 Å². The lowest BCUT2D eigenvalue weighted by Gasteiger charge is -2.02. The number of hydrogen-bond acceptors (Lipinski definition) is 4. The van der Waals surface area contributed by atoms with Crippen molar-refractivity contribution in [3.63, 3.8) is 0 Å². The summed E-state index contributed by atoms with van der Waals surface area (Å²) in [5, 5.41) is 18.4. The van der Waals surface area contributed by atoms with E-state index in [-0.39, 0.29) is 12.5 Å². The van der Waals surface area contributed by atoms with Crippen molar-refractivity contribution in [2.75, 3.05) is 11.9 Å². The monoisotopic (exact) mass is 289 g/mol. The summed E-state index contributed by atoms with van der Waals surface area (Å²) in [5.74, 6) is 5.57. The third-order valence-corrected chi connectivity index (χ3v) is 3.64. The quantitative estimate of drug-likeness (QED) is 0.757. The predicted octanol–water partition coefficient (Wildman–Crippen LogP) is 2.07. The zero-order valence-electron chi connectivity index (χ0n) is 11.3. The molecular formula is C14H15N3O2S. The topological polar surface area (TPSA) is 78.0 Å². The van der Waals surface area contributed by atoms with Gasteiger partial charge in [-0.05, 0) is 26.0 Å². The number of carbonyl (C=O) groups excluding carboxylic acids is 1. The number of amides is 1. The van der Waals surface area contributed by atoms with Gasteiger partial charge in [0.15, 0.2) is 0 Å². The molecule has 5 nitrogen and oxygen atoms in total. The molecule has 0 aliphatic carbocycles. The van der Waals surface area contributed by atoms with Gasteiger partial charge in [0, 0.05) is 6.42 Å². The Balaban J connectivity index is 2.09. The molecule has 0 spiro atoms. The first-order chi connectivity index (χ1) is 9.61. The number of carbonyl (C=O) groups is 1. The van der Waals surface area contributed by atoms with E-state index in [1.807, 2.05) is 13.8 Å².